The highest BCUT2D eigenvalue weighted by Gasteiger charge is 2.20. The van der Waals surface area contributed by atoms with Crippen molar-refractivity contribution in [3.63, 3.8) is 0 Å². The summed E-state index contributed by atoms with van der Waals surface area (Å²) in [5.74, 6) is 0. The number of fused-ring (bicyclic) bond motifs is 10. The van der Waals surface area contributed by atoms with Crippen LogP contribution in [0.4, 0.5) is 5.69 Å². The normalized spacial score (nSPS) is 12.1. The minimum absolute atomic E-state index is 0.773. The predicted octanol–water partition coefficient (Wildman–Crippen LogP) is 15.7. The molecule has 0 unspecified atom stereocenters. The molecule has 0 spiro atoms. The number of aromatic nitrogens is 3. The van der Waals surface area contributed by atoms with Gasteiger partial charge < -0.3 is 23.9 Å². The molecule has 0 radical (unpaired) electrons. The SMILES string of the molecule is C/C=C\c1c(N)c2ccccc2n1-c1ccc2oc3ccc(-n4c5ccccc5c5c(-c6cccc(-c7ccc8c9ccccc9n(-c9ccccc9)c8c7)c6)cccc54)cc3c2c1. The van der Waals surface area contributed by atoms with E-state index in [2.05, 4.69) is 214 Å². The van der Waals surface area contributed by atoms with Gasteiger partial charge >= 0.3 is 0 Å². The number of hydrogen-bond donors (Lipinski definition) is 1. The van der Waals surface area contributed by atoms with E-state index >= 15 is 0 Å². The van der Waals surface area contributed by atoms with Crippen molar-refractivity contribution in [1.82, 2.24) is 13.7 Å². The maximum atomic E-state index is 6.75. The number of furan rings is 1. The molecule has 0 amide bonds. The van der Waals surface area contributed by atoms with Crippen molar-refractivity contribution in [2.24, 2.45) is 0 Å². The second-order valence-corrected chi connectivity index (χ2v) is 16.7. The lowest BCUT2D eigenvalue weighted by Crippen LogP contribution is -1.98. The Labute approximate surface area is 368 Å². The van der Waals surface area contributed by atoms with E-state index in [9.17, 15) is 0 Å². The lowest BCUT2D eigenvalue weighted by atomic mass is 9.95. The number of anilines is 1. The van der Waals surface area contributed by atoms with Crippen LogP contribution < -0.4 is 5.73 Å². The van der Waals surface area contributed by atoms with E-state index in [4.69, 9.17) is 10.2 Å². The first-order valence-corrected chi connectivity index (χ1v) is 21.8. The van der Waals surface area contributed by atoms with E-state index < -0.39 is 0 Å². The molecule has 2 N–H and O–H groups in total. The van der Waals surface area contributed by atoms with E-state index in [1.165, 1.54) is 54.8 Å². The molecule has 0 bridgehead atoms. The van der Waals surface area contributed by atoms with Crippen LogP contribution in [0.5, 0.6) is 0 Å². The van der Waals surface area contributed by atoms with Crippen LogP contribution in [0.3, 0.4) is 0 Å². The molecule has 0 saturated carbocycles. The number of allylic oxidation sites excluding steroid dienone is 1. The maximum absolute atomic E-state index is 6.75. The fraction of sp³-hybridized carbons (Fsp3) is 0.0169. The summed E-state index contributed by atoms with van der Waals surface area (Å²) < 4.78 is 13.5. The molecule has 13 aromatic rings. The highest BCUT2D eigenvalue weighted by molar-refractivity contribution is 6.17. The van der Waals surface area contributed by atoms with Gasteiger partial charge in [-0.1, -0.05) is 121 Å². The van der Waals surface area contributed by atoms with Gasteiger partial charge in [-0.2, -0.15) is 0 Å². The van der Waals surface area contributed by atoms with Gasteiger partial charge in [0.05, 0.1) is 39.0 Å². The zero-order chi connectivity index (χ0) is 42.5. The molecule has 4 heterocycles. The Kier molecular flexibility index (Phi) is 7.90. The van der Waals surface area contributed by atoms with E-state index in [0.29, 0.717) is 0 Å². The number of nitrogens with two attached hydrogens (primary N) is 1. The molecule has 4 aromatic heterocycles. The number of nitrogen functional groups attached to an aromatic ring is 1. The van der Waals surface area contributed by atoms with Crippen molar-refractivity contribution >= 4 is 88.2 Å². The van der Waals surface area contributed by atoms with Crippen LogP contribution in [-0.4, -0.2) is 13.7 Å². The second-order valence-electron chi connectivity index (χ2n) is 16.7. The number of hydrogen-bond acceptors (Lipinski definition) is 2. The summed E-state index contributed by atoms with van der Waals surface area (Å²) in [6.45, 7) is 2.03. The molecule has 64 heavy (non-hydrogen) atoms. The van der Waals surface area contributed by atoms with Gasteiger partial charge in [-0.25, -0.2) is 0 Å². The van der Waals surface area contributed by atoms with Crippen LogP contribution in [0.2, 0.25) is 0 Å². The minimum atomic E-state index is 0.773. The quantitative estimate of drug-likeness (QED) is 0.182. The molecule has 302 valence electrons. The third kappa shape index (κ3) is 5.31. The van der Waals surface area contributed by atoms with Crippen molar-refractivity contribution in [2.75, 3.05) is 5.73 Å². The molecular formula is C59H40N4O. The number of rotatable bonds is 6. The smallest absolute Gasteiger partial charge is 0.135 e. The standard InChI is InChI=1S/C59H40N4O/c1-2-14-54-59(60)47-21-8-11-25-52(47)63(54)42-29-32-57-49(36-42)48-35-41(28-31-56(48)64-57)62-51-24-10-7-20-46(51)58-43(22-13-26-53(58)62)39-16-12-15-37(33-39)38-27-30-45-44-19-6-9-23-50(44)61(55(45)34-38)40-17-4-3-5-18-40/h2-36H,60H2,1H3/b14-2-. The summed E-state index contributed by atoms with van der Waals surface area (Å²) in [5.41, 5.74) is 23.9. The van der Waals surface area contributed by atoms with Gasteiger partial charge in [-0.05, 0) is 120 Å². The van der Waals surface area contributed by atoms with Crippen LogP contribution >= 0.6 is 0 Å². The zero-order valence-corrected chi connectivity index (χ0v) is 35.0. The van der Waals surface area contributed by atoms with Crippen molar-refractivity contribution in [3.8, 4) is 39.3 Å². The van der Waals surface area contributed by atoms with Crippen molar-refractivity contribution < 1.29 is 4.42 Å². The Morgan fingerprint density at radius 3 is 1.70 bits per heavy atom. The van der Waals surface area contributed by atoms with Crippen LogP contribution in [0.15, 0.2) is 211 Å². The first-order chi connectivity index (χ1) is 31.6. The lowest BCUT2D eigenvalue weighted by Gasteiger charge is -2.11. The molecule has 0 aliphatic carbocycles. The topological polar surface area (TPSA) is 54.0 Å². The second kappa shape index (κ2) is 14.0. The molecular weight excluding hydrogens is 781 g/mol. The molecule has 5 nitrogen and oxygen atoms in total. The van der Waals surface area contributed by atoms with E-state index in [1.807, 2.05) is 19.1 Å². The van der Waals surface area contributed by atoms with E-state index in [0.717, 1.165) is 72.3 Å². The molecule has 0 atom stereocenters. The van der Waals surface area contributed by atoms with E-state index in [-0.39, 0.29) is 0 Å². The van der Waals surface area contributed by atoms with Crippen LogP contribution in [0, 0.1) is 0 Å². The maximum Gasteiger partial charge on any atom is 0.135 e. The van der Waals surface area contributed by atoms with Crippen LogP contribution in [0.1, 0.15) is 12.6 Å². The van der Waals surface area contributed by atoms with Gasteiger partial charge in [0.25, 0.3) is 0 Å². The van der Waals surface area contributed by atoms with Gasteiger partial charge in [0.2, 0.25) is 0 Å². The first-order valence-electron chi connectivity index (χ1n) is 21.8. The van der Waals surface area contributed by atoms with Gasteiger partial charge in [0.15, 0.2) is 0 Å². The van der Waals surface area contributed by atoms with Gasteiger partial charge in [-0.3, -0.25) is 0 Å². The fourth-order valence-corrected chi connectivity index (χ4v) is 10.3. The molecule has 0 aliphatic rings. The average Bonchev–Trinajstić information content (AvgIpc) is 4.07. The van der Waals surface area contributed by atoms with Crippen molar-refractivity contribution in [3.05, 3.63) is 212 Å². The molecule has 0 fully saturated rings. The predicted molar refractivity (Wildman–Crippen MR) is 269 cm³/mol. The highest BCUT2D eigenvalue weighted by Crippen LogP contribution is 2.42. The summed E-state index contributed by atoms with van der Waals surface area (Å²) in [6, 6.07) is 72.1. The Hall–Kier alpha value is -8.54. The Balaban J connectivity index is 0.959. The summed E-state index contributed by atoms with van der Waals surface area (Å²) in [6.07, 6.45) is 4.13. The van der Waals surface area contributed by atoms with Crippen LogP contribution in [0.25, 0.3) is 122 Å². The average molecular weight is 821 g/mol. The van der Waals surface area contributed by atoms with Crippen LogP contribution in [-0.2, 0) is 0 Å². The summed E-state index contributed by atoms with van der Waals surface area (Å²) in [7, 11) is 0. The number of nitrogens with zero attached hydrogens (tertiary/aromatic N) is 3. The molecule has 13 rings (SSSR count). The van der Waals surface area contributed by atoms with Gasteiger partial charge in [0, 0.05) is 54.8 Å². The lowest BCUT2D eigenvalue weighted by molar-refractivity contribution is 0.669. The Morgan fingerprint density at radius 1 is 0.391 bits per heavy atom. The summed E-state index contributed by atoms with van der Waals surface area (Å²) in [5, 5.41) is 8.09. The monoisotopic (exact) mass is 820 g/mol. The first kappa shape index (κ1) is 36.1. The third-order valence-corrected chi connectivity index (χ3v) is 13.1. The zero-order valence-electron chi connectivity index (χ0n) is 35.0. The highest BCUT2D eigenvalue weighted by atomic mass is 16.3. The van der Waals surface area contributed by atoms with E-state index in [1.54, 1.807) is 0 Å². The third-order valence-electron chi connectivity index (χ3n) is 13.1. The minimum Gasteiger partial charge on any atom is -0.456 e. The van der Waals surface area contributed by atoms with Crippen molar-refractivity contribution in [2.45, 2.75) is 6.92 Å². The molecule has 9 aromatic carbocycles. The number of benzene rings is 9. The largest absolute Gasteiger partial charge is 0.456 e. The van der Waals surface area contributed by atoms with Crippen molar-refractivity contribution in [1.29, 1.82) is 0 Å². The summed E-state index contributed by atoms with van der Waals surface area (Å²) in [4.78, 5) is 0. The fourth-order valence-electron chi connectivity index (χ4n) is 10.3. The Bertz CT molecular complexity index is 4040. The summed E-state index contributed by atoms with van der Waals surface area (Å²) >= 11 is 0. The molecule has 5 heteroatoms. The molecule has 0 aliphatic heterocycles. The number of para-hydroxylation sites is 4. The molecule has 0 saturated heterocycles. The Morgan fingerprint density at radius 2 is 0.953 bits per heavy atom. The van der Waals surface area contributed by atoms with Gasteiger partial charge in [0.1, 0.15) is 11.2 Å². The van der Waals surface area contributed by atoms with Gasteiger partial charge in [-0.15, -0.1) is 0 Å².